The number of furan rings is 1. The van der Waals surface area contributed by atoms with Crippen LogP contribution in [0, 0.1) is 5.82 Å². The van der Waals surface area contributed by atoms with Gasteiger partial charge >= 0.3 is 0 Å². The first-order valence-corrected chi connectivity index (χ1v) is 7.14. The number of carbonyl (C=O) groups excluding carboxylic acids is 2. The number of rotatable bonds is 1. The highest BCUT2D eigenvalue weighted by Crippen LogP contribution is 2.30. The van der Waals surface area contributed by atoms with Gasteiger partial charge in [-0.2, -0.15) is 0 Å². The molecule has 0 atom stereocenters. The largest absolute Gasteiger partial charge is 0.456 e. The molecule has 1 aliphatic heterocycles. The number of carbonyl (C=O) groups is 2. The molecular formula is C15H7FN2O3S. The van der Waals surface area contributed by atoms with Crippen LogP contribution in [0.15, 0.2) is 39.8 Å². The first-order chi connectivity index (χ1) is 10.6. The van der Waals surface area contributed by atoms with Crippen LogP contribution in [-0.2, 0) is 4.79 Å². The predicted molar refractivity (Wildman–Crippen MR) is 80.6 cm³/mol. The Bertz CT molecular complexity index is 993. The number of benzene rings is 1. The molecule has 1 fully saturated rings. The quantitative estimate of drug-likeness (QED) is 0.697. The fourth-order valence-corrected chi connectivity index (χ4v) is 2.96. The van der Waals surface area contributed by atoms with E-state index in [1.807, 2.05) is 0 Å². The van der Waals surface area contributed by atoms with Gasteiger partial charge in [0.2, 0.25) is 0 Å². The van der Waals surface area contributed by atoms with Crippen LogP contribution in [0.5, 0.6) is 0 Å². The number of aromatic nitrogens is 1. The molecule has 1 N–H and O–H groups in total. The normalized spacial score (nSPS) is 16.9. The Morgan fingerprint density at radius 3 is 2.91 bits per heavy atom. The molecule has 3 heterocycles. The number of fused-ring (bicyclic) bond motifs is 3. The first kappa shape index (κ1) is 13.0. The molecule has 1 saturated heterocycles. The van der Waals surface area contributed by atoms with E-state index in [9.17, 15) is 14.0 Å². The van der Waals surface area contributed by atoms with Crippen molar-refractivity contribution in [2.24, 2.45) is 0 Å². The van der Waals surface area contributed by atoms with E-state index in [1.54, 1.807) is 18.3 Å². The van der Waals surface area contributed by atoms with Crippen LogP contribution in [0.3, 0.4) is 0 Å². The minimum atomic E-state index is -0.444. The van der Waals surface area contributed by atoms with E-state index in [2.05, 4.69) is 10.3 Å². The van der Waals surface area contributed by atoms with Crippen molar-refractivity contribution < 1.29 is 18.4 Å². The Hall–Kier alpha value is -2.67. The van der Waals surface area contributed by atoms with E-state index in [0.717, 1.165) is 17.1 Å². The second-order valence-electron chi connectivity index (χ2n) is 4.71. The summed E-state index contributed by atoms with van der Waals surface area (Å²) in [4.78, 5) is 27.1. The second kappa shape index (κ2) is 4.67. The minimum absolute atomic E-state index is 0.271. The molecule has 0 aliphatic carbocycles. The monoisotopic (exact) mass is 314 g/mol. The van der Waals surface area contributed by atoms with Gasteiger partial charge in [-0.15, -0.1) is 0 Å². The number of pyridine rings is 1. The van der Waals surface area contributed by atoms with Crippen LogP contribution in [0.4, 0.5) is 9.18 Å². The molecule has 22 heavy (non-hydrogen) atoms. The summed E-state index contributed by atoms with van der Waals surface area (Å²) in [7, 11) is 0. The number of amides is 2. The molecule has 0 saturated carbocycles. The number of hydrogen-bond donors (Lipinski definition) is 1. The third-order valence-corrected chi connectivity index (χ3v) is 4.05. The molecule has 0 radical (unpaired) electrons. The van der Waals surface area contributed by atoms with Crippen molar-refractivity contribution in [3.63, 3.8) is 0 Å². The molecule has 5 nitrogen and oxygen atoms in total. The highest BCUT2D eigenvalue weighted by atomic mass is 32.2. The average molecular weight is 314 g/mol. The maximum atomic E-state index is 13.2. The van der Waals surface area contributed by atoms with Gasteiger partial charge in [-0.05, 0) is 30.0 Å². The number of imide groups is 1. The highest BCUT2D eigenvalue weighted by Gasteiger charge is 2.25. The lowest BCUT2D eigenvalue weighted by atomic mass is 10.2. The first-order valence-electron chi connectivity index (χ1n) is 6.33. The molecule has 0 bridgehead atoms. The highest BCUT2D eigenvalue weighted by molar-refractivity contribution is 8.18. The summed E-state index contributed by atoms with van der Waals surface area (Å²) in [5, 5.41) is 3.19. The number of nitrogens with zero attached hydrogens (tertiary/aromatic N) is 1. The molecule has 4 rings (SSSR count). The van der Waals surface area contributed by atoms with Gasteiger partial charge in [-0.3, -0.25) is 19.9 Å². The fraction of sp³-hybridized carbons (Fsp3) is 0. The van der Waals surface area contributed by atoms with Crippen molar-refractivity contribution in [3.8, 4) is 0 Å². The second-order valence-corrected chi connectivity index (χ2v) is 5.72. The summed E-state index contributed by atoms with van der Waals surface area (Å²) in [5.74, 6) is -0.382. The standard InChI is InChI=1S/C15H7FN2O3S/c16-8-1-2-10-11(4-8)17-6-7-3-9(21-13(7)10)5-12-14(19)18-15(20)22-12/h1-6H,(H,18,19,20)/b12-5-. The minimum Gasteiger partial charge on any atom is -0.456 e. The number of halogens is 1. The van der Waals surface area contributed by atoms with Gasteiger partial charge in [0.1, 0.15) is 17.2 Å². The number of nitrogens with one attached hydrogen (secondary N) is 1. The summed E-state index contributed by atoms with van der Waals surface area (Å²) < 4.78 is 19.0. The Morgan fingerprint density at radius 2 is 2.14 bits per heavy atom. The van der Waals surface area contributed by atoms with Crippen LogP contribution in [-0.4, -0.2) is 16.1 Å². The van der Waals surface area contributed by atoms with E-state index in [0.29, 0.717) is 22.2 Å². The molecule has 108 valence electrons. The lowest BCUT2D eigenvalue weighted by Crippen LogP contribution is -2.17. The smallest absolute Gasteiger partial charge is 0.290 e. The van der Waals surface area contributed by atoms with Crippen molar-refractivity contribution in [3.05, 3.63) is 46.9 Å². The van der Waals surface area contributed by atoms with Crippen LogP contribution in [0.25, 0.3) is 27.9 Å². The molecule has 2 aromatic heterocycles. The summed E-state index contributed by atoms with van der Waals surface area (Å²) in [6.45, 7) is 0. The Balaban J connectivity index is 1.87. The van der Waals surface area contributed by atoms with Crippen LogP contribution >= 0.6 is 11.8 Å². The van der Waals surface area contributed by atoms with Gasteiger partial charge in [0.05, 0.1) is 10.4 Å². The molecular weight excluding hydrogens is 307 g/mol. The topological polar surface area (TPSA) is 72.2 Å². The van der Waals surface area contributed by atoms with Gasteiger partial charge in [0, 0.05) is 29.1 Å². The van der Waals surface area contributed by atoms with Gasteiger partial charge in [0.15, 0.2) is 0 Å². The van der Waals surface area contributed by atoms with Crippen molar-refractivity contribution in [1.29, 1.82) is 0 Å². The van der Waals surface area contributed by atoms with E-state index >= 15 is 0 Å². The Morgan fingerprint density at radius 1 is 1.27 bits per heavy atom. The third kappa shape index (κ3) is 2.06. The van der Waals surface area contributed by atoms with Crippen LogP contribution < -0.4 is 5.32 Å². The van der Waals surface area contributed by atoms with Gasteiger partial charge in [-0.1, -0.05) is 0 Å². The Kier molecular flexibility index (Phi) is 2.77. The summed E-state index contributed by atoms with van der Waals surface area (Å²) in [6.07, 6.45) is 3.08. The van der Waals surface area contributed by atoms with Crippen molar-refractivity contribution >= 4 is 50.9 Å². The third-order valence-electron chi connectivity index (χ3n) is 3.24. The maximum absolute atomic E-state index is 13.2. The zero-order chi connectivity index (χ0) is 15.3. The summed E-state index contributed by atoms with van der Waals surface area (Å²) in [6, 6.07) is 5.98. The van der Waals surface area contributed by atoms with E-state index in [4.69, 9.17) is 4.42 Å². The maximum Gasteiger partial charge on any atom is 0.290 e. The Labute approximate surface area is 127 Å². The summed E-state index contributed by atoms with van der Waals surface area (Å²) >= 11 is 0.820. The average Bonchev–Trinajstić information content (AvgIpc) is 3.01. The molecule has 7 heteroatoms. The van der Waals surface area contributed by atoms with Gasteiger partial charge in [0.25, 0.3) is 11.1 Å². The zero-order valence-electron chi connectivity index (χ0n) is 10.9. The van der Waals surface area contributed by atoms with Crippen LogP contribution in [0.2, 0.25) is 0 Å². The molecule has 0 spiro atoms. The number of thioether (sulfide) groups is 1. The fourth-order valence-electron chi connectivity index (χ4n) is 2.30. The van der Waals surface area contributed by atoms with E-state index < -0.39 is 11.1 Å². The number of hydrogen-bond acceptors (Lipinski definition) is 5. The van der Waals surface area contributed by atoms with E-state index in [1.165, 1.54) is 18.2 Å². The lowest BCUT2D eigenvalue weighted by Gasteiger charge is -1.97. The summed E-state index contributed by atoms with van der Waals surface area (Å²) in [5.41, 5.74) is 1.05. The van der Waals surface area contributed by atoms with Gasteiger partial charge < -0.3 is 4.42 Å². The molecule has 1 aliphatic rings. The lowest BCUT2D eigenvalue weighted by molar-refractivity contribution is -0.115. The molecule has 0 unspecified atom stereocenters. The molecule has 3 aromatic rings. The van der Waals surface area contributed by atoms with Crippen molar-refractivity contribution in [2.45, 2.75) is 0 Å². The van der Waals surface area contributed by atoms with Gasteiger partial charge in [-0.25, -0.2) is 4.39 Å². The van der Waals surface area contributed by atoms with Crippen molar-refractivity contribution in [1.82, 2.24) is 10.3 Å². The van der Waals surface area contributed by atoms with E-state index in [-0.39, 0.29) is 10.7 Å². The van der Waals surface area contributed by atoms with Crippen LogP contribution in [0.1, 0.15) is 5.76 Å². The zero-order valence-corrected chi connectivity index (χ0v) is 11.7. The molecule has 1 aromatic carbocycles. The van der Waals surface area contributed by atoms with Crippen molar-refractivity contribution in [2.75, 3.05) is 0 Å². The SMILES string of the molecule is O=C1NC(=O)/C(=C/c2cc3cnc4cc(F)ccc4c3o2)S1. The molecule has 2 amide bonds. The predicted octanol–water partition coefficient (Wildman–Crippen LogP) is 3.44.